The molecular formula is C10H17NO2. The quantitative estimate of drug-likeness (QED) is 0.645. The first-order valence-electron chi connectivity index (χ1n) is 5.26. The van der Waals surface area contributed by atoms with Gasteiger partial charge in [0.25, 0.3) is 0 Å². The van der Waals surface area contributed by atoms with Gasteiger partial charge in [0, 0.05) is 6.04 Å². The molecule has 0 aromatic heterocycles. The third-order valence-corrected chi connectivity index (χ3v) is 3.41. The van der Waals surface area contributed by atoms with E-state index >= 15 is 0 Å². The number of carboxylic acids is 1. The minimum atomic E-state index is -0.673. The summed E-state index contributed by atoms with van der Waals surface area (Å²) >= 11 is 0. The Hall–Kier alpha value is -0.570. The molecule has 74 valence electrons. The Morgan fingerprint density at radius 1 is 1.23 bits per heavy atom. The van der Waals surface area contributed by atoms with E-state index in [1.165, 1.54) is 32.1 Å². The maximum absolute atomic E-state index is 10.8. The summed E-state index contributed by atoms with van der Waals surface area (Å²) in [5.41, 5.74) is 0. The van der Waals surface area contributed by atoms with Gasteiger partial charge in [0.05, 0.1) is 0 Å². The van der Waals surface area contributed by atoms with Crippen LogP contribution in [-0.4, -0.2) is 23.2 Å². The number of nitrogens with one attached hydrogen (secondary N) is 1. The number of carboxylic acid groups (broad SMARTS) is 1. The third kappa shape index (κ3) is 1.85. The van der Waals surface area contributed by atoms with Gasteiger partial charge in [0.15, 0.2) is 0 Å². The van der Waals surface area contributed by atoms with Crippen LogP contribution in [0, 0.1) is 5.92 Å². The number of fused-ring (bicyclic) bond motifs is 1. The Bertz CT molecular complexity index is 191. The van der Waals surface area contributed by atoms with Crippen LogP contribution in [0.5, 0.6) is 0 Å². The highest BCUT2D eigenvalue weighted by molar-refractivity contribution is 5.74. The Balaban J connectivity index is 1.97. The Labute approximate surface area is 78.5 Å². The van der Waals surface area contributed by atoms with E-state index in [4.69, 9.17) is 5.11 Å². The molecule has 3 heteroatoms. The summed E-state index contributed by atoms with van der Waals surface area (Å²) in [6.07, 6.45) is 7.12. The van der Waals surface area contributed by atoms with Crippen molar-refractivity contribution in [3.63, 3.8) is 0 Å². The zero-order valence-corrected chi connectivity index (χ0v) is 7.83. The van der Waals surface area contributed by atoms with Crippen molar-refractivity contribution in [2.75, 3.05) is 0 Å². The molecule has 1 aliphatic carbocycles. The van der Waals surface area contributed by atoms with Crippen LogP contribution in [0.4, 0.5) is 0 Å². The molecule has 2 rings (SSSR count). The highest BCUT2D eigenvalue weighted by atomic mass is 16.4. The highest BCUT2D eigenvalue weighted by Gasteiger charge is 2.37. The number of hydrogen-bond acceptors (Lipinski definition) is 2. The molecule has 2 aliphatic rings. The fourth-order valence-electron chi connectivity index (χ4n) is 2.69. The maximum atomic E-state index is 10.8. The van der Waals surface area contributed by atoms with Gasteiger partial charge >= 0.3 is 5.97 Å². The highest BCUT2D eigenvalue weighted by Crippen LogP contribution is 2.32. The molecule has 1 saturated heterocycles. The van der Waals surface area contributed by atoms with E-state index in [1.807, 2.05) is 0 Å². The summed E-state index contributed by atoms with van der Waals surface area (Å²) in [6, 6.07) is 0.219. The first kappa shape index (κ1) is 9.00. The van der Waals surface area contributed by atoms with Gasteiger partial charge in [-0.25, -0.2) is 0 Å². The van der Waals surface area contributed by atoms with Crippen molar-refractivity contribution in [2.24, 2.45) is 5.92 Å². The smallest absolute Gasteiger partial charge is 0.320 e. The molecule has 0 aromatic rings. The average Bonchev–Trinajstić information content (AvgIpc) is 2.38. The van der Waals surface area contributed by atoms with Gasteiger partial charge in [-0.2, -0.15) is 0 Å². The fraction of sp³-hybridized carbons (Fsp3) is 0.900. The predicted octanol–water partition coefficient (Wildman–Crippen LogP) is 1.38. The van der Waals surface area contributed by atoms with Crippen molar-refractivity contribution in [1.29, 1.82) is 0 Å². The van der Waals surface area contributed by atoms with Gasteiger partial charge in [-0.05, 0) is 25.2 Å². The molecule has 0 bridgehead atoms. The largest absolute Gasteiger partial charge is 0.480 e. The van der Waals surface area contributed by atoms with E-state index in [2.05, 4.69) is 5.32 Å². The molecule has 1 heterocycles. The second-order valence-electron chi connectivity index (χ2n) is 4.30. The lowest BCUT2D eigenvalue weighted by Gasteiger charge is -2.14. The molecule has 0 spiro atoms. The lowest BCUT2D eigenvalue weighted by atomic mass is 9.94. The van der Waals surface area contributed by atoms with Gasteiger partial charge in [-0.3, -0.25) is 4.79 Å². The molecule has 0 radical (unpaired) electrons. The SMILES string of the molecule is O=C(O)C1C[C@H]2CCCCC[C@H]2N1. The first-order chi connectivity index (χ1) is 6.27. The molecule has 0 amide bonds. The van der Waals surface area contributed by atoms with Crippen molar-refractivity contribution in [2.45, 2.75) is 50.6 Å². The zero-order valence-electron chi connectivity index (χ0n) is 7.83. The Morgan fingerprint density at radius 2 is 2.00 bits per heavy atom. The molecule has 2 N–H and O–H groups in total. The summed E-state index contributed by atoms with van der Waals surface area (Å²) in [5, 5.41) is 12.1. The zero-order chi connectivity index (χ0) is 9.26. The van der Waals surface area contributed by atoms with Gasteiger partial charge in [-0.15, -0.1) is 0 Å². The molecule has 3 nitrogen and oxygen atoms in total. The fourth-order valence-corrected chi connectivity index (χ4v) is 2.69. The van der Waals surface area contributed by atoms with Crippen LogP contribution in [0.3, 0.4) is 0 Å². The van der Waals surface area contributed by atoms with Crippen LogP contribution < -0.4 is 5.32 Å². The lowest BCUT2D eigenvalue weighted by Crippen LogP contribution is -2.35. The summed E-state index contributed by atoms with van der Waals surface area (Å²) in [6.45, 7) is 0. The Morgan fingerprint density at radius 3 is 2.77 bits per heavy atom. The van der Waals surface area contributed by atoms with E-state index < -0.39 is 5.97 Å². The van der Waals surface area contributed by atoms with Crippen LogP contribution in [0.2, 0.25) is 0 Å². The van der Waals surface area contributed by atoms with Crippen molar-refractivity contribution >= 4 is 5.97 Å². The molecule has 0 aromatic carbocycles. The van der Waals surface area contributed by atoms with Crippen molar-refractivity contribution in [3.8, 4) is 0 Å². The van der Waals surface area contributed by atoms with E-state index in [1.54, 1.807) is 0 Å². The van der Waals surface area contributed by atoms with Crippen molar-refractivity contribution < 1.29 is 9.90 Å². The second kappa shape index (κ2) is 3.66. The van der Waals surface area contributed by atoms with Crippen LogP contribution in [-0.2, 0) is 4.79 Å². The number of hydrogen-bond donors (Lipinski definition) is 2. The van der Waals surface area contributed by atoms with Crippen LogP contribution in [0.15, 0.2) is 0 Å². The van der Waals surface area contributed by atoms with Crippen molar-refractivity contribution in [1.82, 2.24) is 5.32 Å². The maximum Gasteiger partial charge on any atom is 0.320 e. The molecule has 2 fully saturated rings. The van der Waals surface area contributed by atoms with Crippen LogP contribution >= 0.6 is 0 Å². The molecule has 13 heavy (non-hydrogen) atoms. The van der Waals surface area contributed by atoms with E-state index in [0.717, 1.165) is 6.42 Å². The van der Waals surface area contributed by atoms with Gasteiger partial charge < -0.3 is 10.4 Å². The summed E-state index contributed by atoms with van der Waals surface area (Å²) < 4.78 is 0. The molecule has 1 saturated carbocycles. The summed E-state index contributed by atoms with van der Waals surface area (Å²) in [5.74, 6) is -0.0447. The minimum absolute atomic E-state index is 0.270. The molecule has 1 aliphatic heterocycles. The molecule has 3 atom stereocenters. The number of rotatable bonds is 1. The van der Waals surface area contributed by atoms with Gasteiger partial charge in [0.2, 0.25) is 0 Å². The lowest BCUT2D eigenvalue weighted by molar-refractivity contribution is -0.139. The summed E-state index contributed by atoms with van der Waals surface area (Å²) in [4.78, 5) is 10.8. The number of carbonyl (C=O) groups is 1. The summed E-state index contributed by atoms with van der Waals surface area (Å²) in [7, 11) is 0. The van der Waals surface area contributed by atoms with Crippen molar-refractivity contribution in [3.05, 3.63) is 0 Å². The second-order valence-corrected chi connectivity index (χ2v) is 4.30. The standard InChI is InChI=1S/C10H17NO2/c12-10(13)9-6-7-4-2-1-3-5-8(7)11-9/h7-9,11H,1-6H2,(H,12,13)/t7-,8-,9?/m1/s1. The molecular weight excluding hydrogens is 166 g/mol. The predicted molar refractivity (Wildman–Crippen MR) is 49.5 cm³/mol. The average molecular weight is 183 g/mol. The monoisotopic (exact) mass is 183 g/mol. The van der Waals surface area contributed by atoms with Gasteiger partial charge in [0.1, 0.15) is 6.04 Å². The minimum Gasteiger partial charge on any atom is -0.480 e. The van der Waals surface area contributed by atoms with E-state index in [0.29, 0.717) is 12.0 Å². The molecule has 1 unspecified atom stereocenters. The van der Waals surface area contributed by atoms with Crippen LogP contribution in [0.1, 0.15) is 38.5 Å². The van der Waals surface area contributed by atoms with E-state index in [9.17, 15) is 4.79 Å². The van der Waals surface area contributed by atoms with E-state index in [-0.39, 0.29) is 6.04 Å². The van der Waals surface area contributed by atoms with Crippen LogP contribution in [0.25, 0.3) is 0 Å². The van der Waals surface area contributed by atoms with Gasteiger partial charge in [-0.1, -0.05) is 19.3 Å². The first-order valence-corrected chi connectivity index (χ1v) is 5.26. The number of aliphatic carboxylic acids is 1. The topological polar surface area (TPSA) is 49.3 Å². The normalized spacial score (nSPS) is 39.5. The Kier molecular flexibility index (Phi) is 2.54. The third-order valence-electron chi connectivity index (χ3n) is 3.41.